The van der Waals surface area contributed by atoms with Gasteiger partial charge in [-0.3, -0.25) is 0 Å². The van der Waals surface area contributed by atoms with Crippen LogP contribution in [0.1, 0.15) is 17.0 Å². The zero-order valence-electron chi connectivity index (χ0n) is 14.7. The minimum Gasteiger partial charge on any atom is -0.318 e. The van der Waals surface area contributed by atoms with Crippen LogP contribution in [0.15, 0.2) is 78.4 Å². The van der Waals surface area contributed by atoms with E-state index < -0.39 is 0 Å². The summed E-state index contributed by atoms with van der Waals surface area (Å²) in [5, 5.41) is 11.9. The Labute approximate surface area is 152 Å². The molecule has 0 amide bonds. The van der Waals surface area contributed by atoms with Crippen LogP contribution in [0.3, 0.4) is 0 Å². The molecule has 0 aliphatic heterocycles. The van der Waals surface area contributed by atoms with E-state index >= 15 is 0 Å². The Kier molecular flexibility index (Phi) is 4.19. The average molecular weight is 341 g/mol. The van der Waals surface area contributed by atoms with Crippen LogP contribution < -0.4 is 0 Å². The van der Waals surface area contributed by atoms with Gasteiger partial charge in [0, 0.05) is 22.6 Å². The van der Waals surface area contributed by atoms with Crippen molar-refractivity contribution in [3.63, 3.8) is 0 Å². The van der Waals surface area contributed by atoms with Gasteiger partial charge in [-0.1, -0.05) is 42.5 Å². The summed E-state index contributed by atoms with van der Waals surface area (Å²) in [5.74, 6) is 0. The monoisotopic (exact) mass is 341 g/mol. The summed E-state index contributed by atoms with van der Waals surface area (Å²) in [5.41, 5.74) is 6.96. The van der Waals surface area contributed by atoms with Crippen molar-refractivity contribution < 1.29 is 0 Å². The zero-order chi connectivity index (χ0) is 17.9. The molecule has 0 spiro atoms. The maximum atomic E-state index is 4.35. The molecule has 0 radical (unpaired) electrons. The molecule has 26 heavy (non-hydrogen) atoms. The minimum absolute atomic E-state index is 1.07. The van der Waals surface area contributed by atoms with Crippen LogP contribution in [-0.2, 0) is 0 Å². The van der Waals surface area contributed by atoms with Crippen LogP contribution in [0.25, 0.3) is 16.8 Å². The molecule has 128 valence electrons. The summed E-state index contributed by atoms with van der Waals surface area (Å²) < 4.78 is 3.82. The van der Waals surface area contributed by atoms with Gasteiger partial charge in [0.1, 0.15) is 12.7 Å². The highest BCUT2D eigenvalue weighted by Gasteiger charge is 2.09. The van der Waals surface area contributed by atoms with Crippen molar-refractivity contribution in [2.75, 3.05) is 0 Å². The van der Waals surface area contributed by atoms with E-state index in [9.17, 15) is 0 Å². The zero-order valence-corrected chi connectivity index (χ0v) is 14.7. The fourth-order valence-corrected chi connectivity index (χ4v) is 3.13. The standard InChI is InChI=1S/C21H19N5/c1-16-12-20(13-24-25-14-22-23-15-25)17(2)26(16)21-10-8-19(9-11-21)18-6-4-3-5-7-18/h3-15H,1-2H3. The van der Waals surface area contributed by atoms with Crippen molar-refractivity contribution in [3.8, 4) is 16.8 Å². The third-order valence-electron chi connectivity index (χ3n) is 4.44. The topological polar surface area (TPSA) is 48.0 Å². The lowest BCUT2D eigenvalue weighted by Gasteiger charge is -2.11. The Hall–Kier alpha value is -3.47. The molecular weight excluding hydrogens is 322 g/mol. The molecule has 0 fully saturated rings. The lowest BCUT2D eigenvalue weighted by atomic mass is 10.1. The summed E-state index contributed by atoms with van der Waals surface area (Å²) in [6.45, 7) is 4.21. The summed E-state index contributed by atoms with van der Waals surface area (Å²) in [6, 6.07) is 21.2. The largest absolute Gasteiger partial charge is 0.318 e. The van der Waals surface area contributed by atoms with Crippen LogP contribution in [0.5, 0.6) is 0 Å². The van der Waals surface area contributed by atoms with E-state index in [0.29, 0.717) is 0 Å². The Morgan fingerprint density at radius 2 is 1.50 bits per heavy atom. The highest BCUT2D eigenvalue weighted by Crippen LogP contribution is 2.24. The first-order valence-electron chi connectivity index (χ1n) is 8.46. The van der Waals surface area contributed by atoms with Gasteiger partial charge in [-0.25, -0.2) is 4.68 Å². The first-order chi connectivity index (χ1) is 12.7. The van der Waals surface area contributed by atoms with Crippen molar-refractivity contribution in [2.24, 2.45) is 5.10 Å². The SMILES string of the molecule is Cc1cc(C=Nn2cnnc2)c(C)n1-c1ccc(-c2ccccc2)cc1. The second-order valence-corrected chi connectivity index (χ2v) is 6.16. The van der Waals surface area contributed by atoms with Crippen LogP contribution >= 0.6 is 0 Å². The van der Waals surface area contributed by atoms with Gasteiger partial charge in [0.2, 0.25) is 0 Å². The molecule has 0 bridgehead atoms. The molecule has 5 heteroatoms. The molecule has 0 atom stereocenters. The molecule has 4 rings (SSSR count). The molecule has 2 heterocycles. The first-order valence-corrected chi connectivity index (χ1v) is 8.46. The molecular formula is C21H19N5. The predicted octanol–water partition coefficient (Wildman–Crippen LogP) is 4.23. The Morgan fingerprint density at radius 3 is 2.19 bits per heavy atom. The lowest BCUT2D eigenvalue weighted by Crippen LogP contribution is -1.99. The number of hydrogen-bond donors (Lipinski definition) is 0. The summed E-state index contributed by atoms with van der Waals surface area (Å²) >= 11 is 0. The Bertz CT molecular complexity index is 1030. The number of aromatic nitrogens is 4. The molecule has 4 aromatic rings. The van der Waals surface area contributed by atoms with Gasteiger partial charge in [0.15, 0.2) is 0 Å². The van der Waals surface area contributed by atoms with Gasteiger partial charge in [-0.15, -0.1) is 10.2 Å². The maximum Gasteiger partial charge on any atom is 0.141 e. The van der Waals surface area contributed by atoms with E-state index in [0.717, 1.165) is 16.9 Å². The van der Waals surface area contributed by atoms with E-state index in [1.165, 1.54) is 16.8 Å². The Balaban J connectivity index is 1.66. The second kappa shape index (κ2) is 6.80. The van der Waals surface area contributed by atoms with Crippen molar-refractivity contribution in [3.05, 3.63) is 90.3 Å². The highest BCUT2D eigenvalue weighted by molar-refractivity contribution is 5.82. The van der Waals surface area contributed by atoms with Gasteiger partial charge >= 0.3 is 0 Å². The molecule has 0 saturated carbocycles. The van der Waals surface area contributed by atoms with Crippen LogP contribution in [0.2, 0.25) is 0 Å². The van der Waals surface area contributed by atoms with Crippen molar-refractivity contribution in [2.45, 2.75) is 13.8 Å². The van der Waals surface area contributed by atoms with Gasteiger partial charge in [-0.05, 0) is 43.2 Å². The molecule has 0 unspecified atom stereocenters. The van der Waals surface area contributed by atoms with E-state index in [1.54, 1.807) is 17.3 Å². The fourth-order valence-electron chi connectivity index (χ4n) is 3.13. The third kappa shape index (κ3) is 3.07. The van der Waals surface area contributed by atoms with Crippen molar-refractivity contribution in [1.82, 2.24) is 19.4 Å². The number of hydrogen-bond acceptors (Lipinski definition) is 3. The smallest absolute Gasteiger partial charge is 0.141 e. The van der Waals surface area contributed by atoms with E-state index in [1.807, 2.05) is 12.3 Å². The maximum absolute atomic E-state index is 4.35. The highest BCUT2D eigenvalue weighted by atomic mass is 15.4. The average Bonchev–Trinajstić information content (AvgIpc) is 3.29. The van der Waals surface area contributed by atoms with E-state index in [4.69, 9.17) is 0 Å². The summed E-state index contributed by atoms with van der Waals surface area (Å²) in [4.78, 5) is 0. The third-order valence-corrected chi connectivity index (χ3v) is 4.44. The van der Waals surface area contributed by atoms with Gasteiger partial charge in [0.05, 0.1) is 6.21 Å². The van der Waals surface area contributed by atoms with E-state index in [2.05, 4.69) is 88.3 Å². The van der Waals surface area contributed by atoms with Crippen molar-refractivity contribution in [1.29, 1.82) is 0 Å². The van der Waals surface area contributed by atoms with Crippen LogP contribution in [0.4, 0.5) is 0 Å². The number of nitrogens with zero attached hydrogens (tertiary/aromatic N) is 5. The lowest BCUT2D eigenvalue weighted by molar-refractivity contribution is 0.877. The molecule has 0 aliphatic rings. The number of aryl methyl sites for hydroxylation is 1. The van der Waals surface area contributed by atoms with Crippen LogP contribution in [-0.4, -0.2) is 25.7 Å². The summed E-state index contributed by atoms with van der Waals surface area (Å²) in [7, 11) is 0. The first kappa shape index (κ1) is 16.0. The van der Waals surface area contributed by atoms with Crippen molar-refractivity contribution >= 4 is 6.21 Å². The number of rotatable bonds is 4. The Morgan fingerprint density at radius 1 is 0.846 bits per heavy atom. The van der Waals surface area contributed by atoms with Gasteiger partial charge in [-0.2, -0.15) is 5.10 Å². The second-order valence-electron chi connectivity index (χ2n) is 6.16. The minimum atomic E-state index is 1.07. The molecule has 0 aliphatic carbocycles. The number of benzene rings is 2. The van der Waals surface area contributed by atoms with Gasteiger partial charge in [0.25, 0.3) is 0 Å². The van der Waals surface area contributed by atoms with E-state index in [-0.39, 0.29) is 0 Å². The predicted molar refractivity (Wildman–Crippen MR) is 104 cm³/mol. The molecule has 2 aromatic heterocycles. The van der Waals surface area contributed by atoms with Crippen LogP contribution in [0, 0.1) is 13.8 Å². The summed E-state index contributed by atoms with van der Waals surface area (Å²) in [6.07, 6.45) is 4.97. The normalized spacial score (nSPS) is 11.3. The van der Waals surface area contributed by atoms with Gasteiger partial charge < -0.3 is 4.57 Å². The molecule has 0 saturated heterocycles. The molecule has 5 nitrogen and oxygen atoms in total. The fraction of sp³-hybridized carbons (Fsp3) is 0.0952. The molecule has 2 aromatic carbocycles. The quantitative estimate of drug-likeness (QED) is 0.521. The molecule has 0 N–H and O–H groups in total.